The molecule has 1 heterocycles. The van der Waals surface area contributed by atoms with Crippen molar-refractivity contribution < 1.29 is 0 Å². The van der Waals surface area contributed by atoms with E-state index in [1.807, 2.05) is 0 Å². The average Bonchev–Trinajstić information content (AvgIpc) is 2.44. The minimum atomic E-state index is 0.625. The zero-order valence-electron chi connectivity index (χ0n) is 12.0. The van der Waals surface area contributed by atoms with Gasteiger partial charge in [-0.1, -0.05) is 44.2 Å². The maximum Gasteiger partial charge on any atom is 0.137 e. The molecule has 1 saturated carbocycles. The lowest BCUT2D eigenvalue weighted by atomic mass is 9.94. The SMILES string of the molecule is CCCc1c(Cl)ncnc1N(CC)C1CCCCC1. The van der Waals surface area contributed by atoms with Crippen LogP contribution in [0.15, 0.2) is 6.33 Å². The normalized spacial score (nSPS) is 16.6. The molecular formula is C15H24ClN3. The fourth-order valence-corrected chi connectivity index (χ4v) is 3.29. The molecule has 0 N–H and O–H groups in total. The average molecular weight is 282 g/mol. The van der Waals surface area contributed by atoms with Crippen LogP contribution in [-0.4, -0.2) is 22.6 Å². The van der Waals surface area contributed by atoms with Gasteiger partial charge in [-0.25, -0.2) is 9.97 Å². The van der Waals surface area contributed by atoms with Crippen molar-refractivity contribution in [3.8, 4) is 0 Å². The molecule has 0 aliphatic heterocycles. The Hall–Kier alpha value is -0.830. The molecule has 1 fully saturated rings. The number of anilines is 1. The molecule has 19 heavy (non-hydrogen) atoms. The predicted octanol–water partition coefficient (Wildman–Crippen LogP) is 4.24. The summed E-state index contributed by atoms with van der Waals surface area (Å²) in [6.45, 7) is 5.37. The monoisotopic (exact) mass is 281 g/mol. The topological polar surface area (TPSA) is 29.0 Å². The summed E-state index contributed by atoms with van der Waals surface area (Å²) in [4.78, 5) is 11.1. The molecule has 0 unspecified atom stereocenters. The zero-order valence-corrected chi connectivity index (χ0v) is 12.8. The molecule has 4 heteroatoms. The van der Waals surface area contributed by atoms with Gasteiger partial charge in [-0.2, -0.15) is 0 Å². The van der Waals surface area contributed by atoms with Gasteiger partial charge in [0.25, 0.3) is 0 Å². The smallest absolute Gasteiger partial charge is 0.137 e. The Bertz CT molecular complexity index is 402. The Kier molecular flexibility index (Phi) is 5.44. The van der Waals surface area contributed by atoms with Gasteiger partial charge in [-0.05, 0) is 26.2 Å². The van der Waals surface area contributed by atoms with E-state index >= 15 is 0 Å². The zero-order chi connectivity index (χ0) is 13.7. The highest BCUT2D eigenvalue weighted by Gasteiger charge is 2.24. The minimum Gasteiger partial charge on any atom is -0.354 e. The van der Waals surface area contributed by atoms with Gasteiger partial charge in [0.05, 0.1) is 0 Å². The van der Waals surface area contributed by atoms with E-state index in [0.717, 1.165) is 30.8 Å². The molecule has 1 aliphatic carbocycles. The van der Waals surface area contributed by atoms with Crippen molar-refractivity contribution in [1.82, 2.24) is 9.97 Å². The second-order valence-corrected chi connectivity index (χ2v) is 5.65. The Morgan fingerprint density at radius 1 is 1.21 bits per heavy atom. The molecule has 3 nitrogen and oxygen atoms in total. The van der Waals surface area contributed by atoms with Crippen LogP contribution in [0.5, 0.6) is 0 Å². The van der Waals surface area contributed by atoms with Crippen molar-refractivity contribution >= 4 is 17.4 Å². The first-order valence-corrected chi connectivity index (χ1v) is 7.91. The van der Waals surface area contributed by atoms with E-state index in [4.69, 9.17) is 11.6 Å². The van der Waals surface area contributed by atoms with E-state index in [2.05, 4.69) is 28.7 Å². The fourth-order valence-electron chi connectivity index (χ4n) is 3.07. The van der Waals surface area contributed by atoms with Gasteiger partial charge in [0.2, 0.25) is 0 Å². The number of aromatic nitrogens is 2. The van der Waals surface area contributed by atoms with Crippen molar-refractivity contribution in [2.75, 3.05) is 11.4 Å². The molecule has 0 saturated heterocycles. The summed E-state index contributed by atoms with van der Waals surface area (Å²) >= 11 is 6.27. The minimum absolute atomic E-state index is 0.625. The second kappa shape index (κ2) is 7.09. The van der Waals surface area contributed by atoms with E-state index in [1.54, 1.807) is 6.33 Å². The molecular weight excluding hydrogens is 258 g/mol. The number of rotatable bonds is 5. The second-order valence-electron chi connectivity index (χ2n) is 5.29. The summed E-state index contributed by atoms with van der Waals surface area (Å²) in [6.07, 6.45) is 10.2. The summed E-state index contributed by atoms with van der Waals surface area (Å²) in [6, 6.07) is 0.625. The number of hydrogen-bond donors (Lipinski definition) is 0. The van der Waals surface area contributed by atoms with Crippen LogP contribution < -0.4 is 4.90 Å². The van der Waals surface area contributed by atoms with Crippen molar-refractivity contribution in [2.45, 2.75) is 64.8 Å². The van der Waals surface area contributed by atoms with Gasteiger partial charge in [0.15, 0.2) is 0 Å². The lowest BCUT2D eigenvalue weighted by Gasteiger charge is -2.35. The van der Waals surface area contributed by atoms with Crippen LogP contribution in [0.2, 0.25) is 5.15 Å². The molecule has 0 aromatic carbocycles. The lowest BCUT2D eigenvalue weighted by molar-refractivity contribution is 0.415. The molecule has 1 aliphatic rings. The quantitative estimate of drug-likeness (QED) is 0.756. The van der Waals surface area contributed by atoms with Crippen LogP contribution in [0.25, 0.3) is 0 Å². The predicted molar refractivity (Wildman–Crippen MR) is 80.9 cm³/mol. The Morgan fingerprint density at radius 3 is 2.58 bits per heavy atom. The van der Waals surface area contributed by atoms with Gasteiger partial charge in [0, 0.05) is 18.2 Å². The first-order valence-electron chi connectivity index (χ1n) is 7.53. The molecule has 2 rings (SSSR count). The van der Waals surface area contributed by atoms with Crippen LogP contribution in [0.1, 0.15) is 57.9 Å². The summed E-state index contributed by atoms with van der Waals surface area (Å²) in [7, 11) is 0. The number of halogens is 1. The first-order chi connectivity index (χ1) is 9.27. The van der Waals surface area contributed by atoms with Crippen molar-refractivity contribution in [1.29, 1.82) is 0 Å². The largest absolute Gasteiger partial charge is 0.354 e. The van der Waals surface area contributed by atoms with Crippen LogP contribution in [0.3, 0.4) is 0 Å². The van der Waals surface area contributed by atoms with Crippen molar-refractivity contribution in [2.24, 2.45) is 0 Å². The van der Waals surface area contributed by atoms with E-state index < -0.39 is 0 Å². The van der Waals surface area contributed by atoms with Crippen LogP contribution in [-0.2, 0) is 6.42 Å². The Balaban J connectivity index is 2.28. The summed E-state index contributed by atoms with van der Waals surface area (Å²) in [5.41, 5.74) is 1.12. The molecule has 0 amide bonds. The molecule has 1 aromatic heterocycles. The van der Waals surface area contributed by atoms with Gasteiger partial charge in [0.1, 0.15) is 17.3 Å². The number of hydrogen-bond acceptors (Lipinski definition) is 3. The third-order valence-electron chi connectivity index (χ3n) is 4.00. The highest BCUT2D eigenvalue weighted by Crippen LogP contribution is 2.30. The summed E-state index contributed by atoms with van der Waals surface area (Å²) < 4.78 is 0. The fraction of sp³-hybridized carbons (Fsp3) is 0.733. The third-order valence-corrected chi connectivity index (χ3v) is 4.32. The molecule has 106 valence electrons. The summed E-state index contributed by atoms with van der Waals surface area (Å²) in [5.74, 6) is 1.07. The lowest BCUT2D eigenvalue weighted by Crippen LogP contribution is -2.38. The highest BCUT2D eigenvalue weighted by atomic mass is 35.5. The van der Waals surface area contributed by atoms with Gasteiger partial charge in [-0.15, -0.1) is 0 Å². The van der Waals surface area contributed by atoms with Crippen LogP contribution >= 0.6 is 11.6 Å². The highest BCUT2D eigenvalue weighted by molar-refractivity contribution is 6.30. The van der Waals surface area contributed by atoms with Crippen LogP contribution in [0, 0.1) is 0 Å². The van der Waals surface area contributed by atoms with Gasteiger partial charge in [-0.3, -0.25) is 0 Å². The summed E-state index contributed by atoms with van der Waals surface area (Å²) in [5, 5.41) is 0.626. The Morgan fingerprint density at radius 2 is 1.95 bits per heavy atom. The third kappa shape index (κ3) is 3.38. The van der Waals surface area contributed by atoms with E-state index in [1.165, 1.54) is 32.1 Å². The van der Waals surface area contributed by atoms with E-state index in [0.29, 0.717) is 11.2 Å². The first kappa shape index (κ1) is 14.6. The molecule has 0 spiro atoms. The van der Waals surface area contributed by atoms with Gasteiger partial charge < -0.3 is 4.90 Å². The number of nitrogens with zero attached hydrogens (tertiary/aromatic N) is 3. The molecule has 1 aromatic rings. The van der Waals surface area contributed by atoms with E-state index in [-0.39, 0.29) is 0 Å². The molecule has 0 radical (unpaired) electrons. The van der Waals surface area contributed by atoms with E-state index in [9.17, 15) is 0 Å². The Labute approximate surface area is 121 Å². The maximum absolute atomic E-state index is 6.27. The van der Waals surface area contributed by atoms with Crippen molar-refractivity contribution in [3.05, 3.63) is 17.0 Å². The molecule has 0 atom stereocenters. The standard InChI is InChI=1S/C15H24ClN3/c1-3-8-13-14(16)17-11-18-15(13)19(4-2)12-9-6-5-7-10-12/h11-12H,3-10H2,1-2H3. The van der Waals surface area contributed by atoms with Gasteiger partial charge >= 0.3 is 0 Å². The van der Waals surface area contributed by atoms with Crippen molar-refractivity contribution in [3.63, 3.8) is 0 Å². The maximum atomic E-state index is 6.27. The van der Waals surface area contributed by atoms with Crippen LogP contribution in [0.4, 0.5) is 5.82 Å². The molecule has 0 bridgehead atoms.